The molecule has 0 aromatic carbocycles. The summed E-state index contributed by atoms with van der Waals surface area (Å²) in [7, 11) is 3.49. The van der Waals surface area contributed by atoms with Crippen molar-refractivity contribution >= 4 is 28.8 Å². The first-order chi connectivity index (χ1) is 9.27. The summed E-state index contributed by atoms with van der Waals surface area (Å²) >= 11 is 5.13. The van der Waals surface area contributed by atoms with Crippen molar-refractivity contribution in [2.45, 2.75) is 20.8 Å². The molecule has 2 N–H and O–H groups in total. The fourth-order valence-electron chi connectivity index (χ4n) is 2.03. The normalized spacial score (nSPS) is 10.2. The molecule has 0 aliphatic heterocycles. The van der Waals surface area contributed by atoms with Crippen molar-refractivity contribution in [2.24, 2.45) is 5.73 Å². The quantitative estimate of drug-likeness (QED) is 0.828. The standard InChI is InChI=1S/C14H22N4OS/c1-6-18(8-12(19)17(4)5)11-7-9(2)16-10(3)13(11)14(15)20/h7H,6,8H2,1-5H3,(H2,15,20). The van der Waals surface area contributed by atoms with Gasteiger partial charge in [-0.15, -0.1) is 0 Å². The second-order valence-corrected chi connectivity index (χ2v) is 5.35. The van der Waals surface area contributed by atoms with Crippen LogP contribution in [0.1, 0.15) is 23.9 Å². The highest BCUT2D eigenvalue weighted by Gasteiger charge is 2.18. The second kappa shape index (κ2) is 6.65. The van der Waals surface area contributed by atoms with Crippen LogP contribution in [-0.2, 0) is 4.79 Å². The number of carbonyl (C=O) groups excluding carboxylic acids is 1. The van der Waals surface area contributed by atoms with Gasteiger partial charge in [-0.3, -0.25) is 9.78 Å². The highest BCUT2D eigenvalue weighted by Crippen LogP contribution is 2.24. The smallest absolute Gasteiger partial charge is 0.241 e. The van der Waals surface area contributed by atoms with Gasteiger partial charge in [0.2, 0.25) is 5.91 Å². The van der Waals surface area contributed by atoms with Crippen molar-refractivity contribution in [1.82, 2.24) is 9.88 Å². The van der Waals surface area contributed by atoms with Crippen LogP contribution in [0.4, 0.5) is 5.69 Å². The molecule has 0 radical (unpaired) electrons. The zero-order valence-corrected chi connectivity index (χ0v) is 13.5. The maximum atomic E-state index is 11.9. The van der Waals surface area contributed by atoms with E-state index in [1.807, 2.05) is 31.7 Å². The van der Waals surface area contributed by atoms with Crippen LogP contribution in [0.3, 0.4) is 0 Å². The molecule has 0 unspecified atom stereocenters. The van der Waals surface area contributed by atoms with E-state index in [0.717, 1.165) is 22.6 Å². The van der Waals surface area contributed by atoms with Gasteiger partial charge in [-0.05, 0) is 26.8 Å². The zero-order valence-electron chi connectivity index (χ0n) is 12.7. The summed E-state index contributed by atoms with van der Waals surface area (Å²) in [6, 6.07) is 1.92. The minimum Gasteiger partial charge on any atom is -0.389 e. The number of nitrogens with two attached hydrogens (primary N) is 1. The van der Waals surface area contributed by atoms with E-state index in [0.29, 0.717) is 18.1 Å². The number of aromatic nitrogens is 1. The Hall–Kier alpha value is -1.69. The van der Waals surface area contributed by atoms with Crippen LogP contribution in [0.15, 0.2) is 6.07 Å². The third-order valence-corrected chi connectivity index (χ3v) is 3.31. The maximum absolute atomic E-state index is 11.9. The van der Waals surface area contributed by atoms with E-state index >= 15 is 0 Å². The molecule has 20 heavy (non-hydrogen) atoms. The molecule has 0 saturated carbocycles. The Balaban J connectivity index is 3.27. The molecule has 0 bridgehead atoms. The van der Waals surface area contributed by atoms with Crippen LogP contribution in [0.25, 0.3) is 0 Å². The molecular formula is C14H22N4OS. The lowest BCUT2D eigenvalue weighted by Gasteiger charge is -2.27. The van der Waals surface area contributed by atoms with Gasteiger partial charge in [0.15, 0.2) is 0 Å². The Bertz CT molecular complexity index is 528. The number of nitrogens with zero attached hydrogens (tertiary/aromatic N) is 3. The van der Waals surface area contributed by atoms with Crippen molar-refractivity contribution in [1.29, 1.82) is 0 Å². The van der Waals surface area contributed by atoms with Gasteiger partial charge in [0.05, 0.1) is 17.8 Å². The Morgan fingerprint density at radius 2 is 2.00 bits per heavy atom. The third kappa shape index (κ3) is 3.66. The Morgan fingerprint density at radius 3 is 2.45 bits per heavy atom. The predicted octanol–water partition coefficient (Wildman–Crippen LogP) is 1.25. The van der Waals surface area contributed by atoms with E-state index in [2.05, 4.69) is 4.98 Å². The topological polar surface area (TPSA) is 62.5 Å². The van der Waals surface area contributed by atoms with Gasteiger partial charge in [0.1, 0.15) is 4.99 Å². The minimum absolute atomic E-state index is 0.0351. The average molecular weight is 294 g/mol. The predicted molar refractivity (Wildman–Crippen MR) is 86.2 cm³/mol. The van der Waals surface area contributed by atoms with Gasteiger partial charge in [0.25, 0.3) is 0 Å². The van der Waals surface area contributed by atoms with Gasteiger partial charge in [-0.25, -0.2) is 0 Å². The lowest BCUT2D eigenvalue weighted by molar-refractivity contribution is -0.127. The monoisotopic (exact) mass is 294 g/mol. The highest BCUT2D eigenvalue weighted by molar-refractivity contribution is 7.80. The number of likely N-dealkylation sites (N-methyl/N-ethyl adjacent to an activating group) is 2. The van der Waals surface area contributed by atoms with E-state index in [1.54, 1.807) is 19.0 Å². The molecule has 6 heteroatoms. The summed E-state index contributed by atoms with van der Waals surface area (Å²) in [6.45, 7) is 6.78. The van der Waals surface area contributed by atoms with Crippen molar-refractivity contribution in [3.63, 3.8) is 0 Å². The molecule has 1 aromatic rings. The third-order valence-electron chi connectivity index (χ3n) is 3.10. The van der Waals surface area contributed by atoms with Crippen LogP contribution < -0.4 is 10.6 Å². The molecule has 0 aliphatic rings. The van der Waals surface area contributed by atoms with Gasteiger partial charge in [0, 0.05) is 32.0 Å². The van der Waals surface area contributed by atoms with Gasteiger partial charge in [-0.1, -0.05) is 12.2 Å². The van der Waals surface area contributed by atoms with Gasteiger partial charge >= 0.3 is 0 Å². The average Bonchev–Trinajstić information content (AvgIpc) is 2.33. The van der Waals surface area contributed by atoms with E-state index < -0.39 is 0 Å². The first-order valence-corrected chi connectivity index (χ1v) is 6.91. The first kappa shape index (κ1) is 16.4. The van der Waals surface area contributed by atoms with Gasteiger partial charge < -0.3 is 15.5 Å². The Morgan fingerprint density at radius 1 is 1.40 bits per heavy atom. The minimum atomic E-state index is 0.0351. The number of thiocarbonyl (C=S) groups is 1. The number of amides is 1. The van der Waals surface area contributed by atoms with Crippen LogP contribution in [0.2, 0.25) is 0 Å². The van der Waals surface area contributed by atoms with Crippen LogP contribution >= 0.6 is 12.2 Å². The highest BCUT2D eigenvalue weighted by atomic mass is 32.1. The number of hydrogen-bond donors (Lipinski definition) is 1. The number of pyridine rings is 1. The molecular weight excluding hydrogens is 272 g/mol. The van der Waals surface area contributed by atoms with E-state index in [4.69, 9.17) is 18.0 Å². The number of carbonyl (C=O) groups is 1. The molecule has 1 heterocycles. The van der Waals surface area contributed by atoms with Crippen molar-refractivity contribution in [3.8, 4) is 0 Å². The van der Waals surface area contributed by atoms with Crippen molar-refractivity contribution < 1.29 is 4.79 Å². The van der Waals surface area contributed by atoms with Crippen LogP contribution in [-0.4, -0.2) is 48.0 Å². The lowest BCUT2D eigenvalue weighted by Crippen LogP contribution is -2.37. The summed E-state index contributed by atoms with van der Waals surface area (Å²) in [4.78, 5) is 20.2. The number of anilines is 1. The zero-order chi connectivity index (χ0) is 15.4. The largest absolute Gasteiger partial charge is 0.389 e. The van der Waals surface area contributed by atoms with Crippen molar-refractivity contribution in [2.75, 3.05) is 32.1 Å². The summed E-state index contributed by atoms with van der Waals surface area (Å²) in [5, 5.41) is 0. The second-order valence-electron chi connectivity index (χ2n) is 4.91. The number of rotatable bonds is 5. The SMILES string of the molecule is CCN(CC(=O)N(C)C)c1cc(C)nc(C)c1C(N)=S. The molecule has 0 aliphatic carbocycles. The summed E-state index contributed by atoms with van der Waals surface area (Å²) in [5.41, 5.74) is 9.12. The fourth-order valence-corrected chi connectivity index (χ4v) is 2.29. The van der Waals surface area contributed by atoms with E-state index in [1.165, 1.54) is 0 Å². The molecule has 1 amide bonds. The molecule has 0 fully saturated rings. The summed E-state index contributed by atoms with van der Waals surface area (Å²) < 4.78 is 0. The van der Waals surface area contributed by atoms with Crippen LogP contribution in [0.5, 0.6) is 0 Å². The lowest BCUT2D eigenvalue weighted by atomic mass is 10.1. The molecule has 1 rings (SSSR count). The van der Waals surface area contributed by atoms with Crippen molar-refractivity contribution in [3.05, 3.63) is 23.0 Å². The van der Waals surface area contributed by atoms with Gasteiger partial charge in [-0.2, -0.15) is 0 Å². The molecule has 5 nitrogen and oxygen atoms in total. The molecule has 110 valence electrons. The van der Waals surface area contributed by atoms with E-state index in [9.17, 15) is 4.79 Å². The van der Waals surface area contributed by atoms with E-state index in [-0.39, 0.29) is 5.91 Å². The molecule has 1 aromatic heterocycles. The molecule has 0 spiro atoms. The molecule has 0 atom stereocenters. The Kier molecular flexibility index (Phi) is 5.44. The Labute approximate surface area is 125 Å². The van der Waals surface area contributed by atoms with Crippen LogP contribution in [0, 0.1) is 13.8 Å². The summed E-state index contributed by atoms with van der Waals surface area (Å²) in [5.74, 6) is 0.0351. The first-order valence-electron chi connectivity index (χ1n) is 6.51. The fraction of sp³-hybridized carbons (Fsp3) is 0.500. The molecule has 0 saturated heterocycles. The number of aryl methyl sites for hydroxylation is 2. The maximum Gasteiger partial charge on any atom is 0.241 e. The summed E-state index contributed by atoms with van der Waals surface area (Å²) in [6.07, 6.45) is 0. The number of hydrogen-bond acceptors (Lipinski definition) is 4.